The minimum Gasteiger partial charge on any atom is -0.484 e. The van der Waals surface area contributed by atoms with Crippen molar-refractivity contribution in [3.05, 3.63) is 18.2 Å². The zero-order valence-electron chi connectivity index (χ0n) is 10.6. The van der Waals surface area contributed by atoms with Crippen molar-refractivity contribution < 1.29 is 9.47 Å². The van der Waals surface area contributed by atoms with Gasteiger partial charge >= 0.3 is 0 Å². The van der Waals surface area contributed by atoms with Gasteiger partial charge in [-0.1, -0.05) is 6.07 Å². The van der Waals surface area contributed by atoms with Crippen LogP contribution in [-0.2, 0) is 0 Å². The largest absolute Gasteiger partial charge is 0.484 e. The summed E-state index contributed by atoms with van der Waals surface area (Å²) in [5, 5.41) is 3.38. The van der Waals surface area contributed by atoms with Crippen molar-refractivity contribution in [3.63, 3.8) is 0 Å². The molecule has 2 aliphatic heterocycles. The number of fused-ring (bicyclic) bond motifs is 1. The SMILES string of the molecule is CC1CNCCN1c1cccc2c1OC(N)CO2. The Morgan fingerprint density at radius 2 is 2.33 bits per heavy atom. The summed E-state index contributed by atoms with van der Waals surface area (Å²) in [7, 11) is 0. The number of nitrogens with two attached hydrogens (primary N) is 1. The van der Waals surface area contributed by atoms with E-state index in [1.807, 2.05) is 12.1 Å². The number of hydrogen-bond acceptors (Lipinski definition) is 5. The molecule has 1 fully saturated rings. The van der Waals surface area contributed by atoms with E-state index in [1.165, 1.54) is 0 Å². The molecule has 0 aromatic heterocycles. The maximum Gasteiger partial charge on any atom is 0.187 e. The van der Waals surface area contributed by atoms with Gasteiger partial charge < -0.3 is 19.7 Å². The van der Waals surface area contributed by atoms with Crippen molar-refractivity contribution in [2.75, 3.05) is 31.1 Å². The topological polar surface area (TPSA) is 59.8 Å². The fourth-order valence-corrected chi connectivity index (χ4v) is 2.52. The van der Waals surface area contributed by atoms with Gasteiger partial charge in [0.1, 0.15) is 6.61 Å². The van der Waals surface area contributed by atoms with Crippen molar-refractivity contribution in [2.24, 2.45) is 5.73 Å². The summed E-state index contributed by atoms with van der Waals surface area (Å²) in [4.78, 5) is 2.34. The highest BCUT2D eigenvalue weighted by Crippen LogP contribution is 2.40. The Hall–Kier alpha value is -1.46. The molecule has 1 aromatic carbocycles. The van der Waals surface area contributed by atoms with Crippen LogP contribution in [-0.4, -0.2) is 38.5 Å². The fourth-order valence-electron chi connectivity index (χ4n) is 2.52. The van der Waals surface area contributed by atoms with Gasteiger partial charge in [0.15, 0.2) is 17.7 Å². The molecule has 0 radical (unpaired) electrons. The lowest BCUT2D eigenvalue weighted by Gasteiger charge is -2.38. The van der Waals surface area contributed by atoms with E-state index in [9.17, 15) is 0 Å². The second-order valence-corrected chi connectivity index (χ2v) is 4.82. The van der Waals surface area contributed by atoms with Gasteiger partial charge in [-0.3, -0.25) is 5.73 Å². The van der Waals surface area contributed by atoms with Crippen molar-refractivity contribution in [2.45, 2.75) is 19.2 Å². The van der Waals surface area contributed by atoms with Gasteiger partial charge in [-0.25, -0.2) is 0 Å². The number of para-hydroxylation sites is 1. The molecule has 1 saturated heterocycles. The number of anilines is 1. The lowest BCUT2D eigenvalue weighted by atomic mass is 10.1. The van der Waals surface area contributed by atoms with Crippen molar-refractivity contribution in [3.8, 4) is 11.5 Å². The van der Waals surface area contributed by atoms with Crippen LogP contribution in [0.15, 0.2) is 18.2 Å². The molecule has 0 amide bonds. The van der Waals surface area contributed by atoms with Crippen LogP contribution in [0.25, 0.3) is 0 Å². The summed E-state index contributed by atoms with van der Waals surface area (Å²) in [6.07, 6.45) is -0.378. The van der Waals surface area contributed by atoms with E-state index in [1.54, 1.807) is 0 Å². The summed E-state index contributed by atoms with van der Waals surface area (Å²) >= 11 is 0. The van der Waals surface area contributed by atoms with E-state index in [0.717, 1.165) is 36.8 Å². The number of nitrogens with zero attached hydrogens (tertiary/aromatic N) is 1. The Balaban J connectivity index is 1.96. The third-order valence-corrected chi connectivity index (χ3v) is 3.44. The number of hydrogen-bond donors (Lipinski definition) is 2. The molecule has 0 bridgehead atoms. The molecular formula is C13H19N3O2. The Kier molecular flexibility index (Phi) is 3.01. The summed E-state index contributed by atoms with van der Waals surface area (Å²) in [6.45, 7) is 5.55. The van der Waals surface area contributed by atoms with E-state index >= 15 is 0 Å². The Morgan fingerprint density at radius 1 is 1.44 bits per heavy atom. The Bertz CT molecular complexity index is 438. The third kappa shape index (κ3) is 2.00. The number of rotatable bonds is 1. The van der Waals surface area contributed by atoms with Crippen molar-refractivity contribution >= 4 is 5.69 Å². The number of piperazine rings is 1. The number of ether oxygens (including phenoxy) is 2. The first-order valence-corrected chi connectivity index (χ1v) is 6.41. The minimum atomic E-state index is -0.378. The average Bonchev–Trinajstić information content (AvgIpc) is 2.39. The second kappa shape index (κ2) is 4.66. The van der Waals surface area contributed by atoms with E-state index in [-0.39, 0.29) is 6.23 Å². The highest BCUT2D eigenvalue weighted by Gasteiger charge is 2.26. The fraction of sp³-hybridized carbons (Fsp3) is 0.538. The van der Waals surface area contributed by atoms with Gasteiger partial charge in [0, 0.05) is 25.7 Å². The maximum atomic E-state index is 5.80. The normalized spacial score (nSPS) is 27.1. The van der Waals surface area contributed by atoms with Crippen LogP contribution in [0.4, 0.5) is 5.69 Å². The van der Waals surface area contributed by atoms with Gasteiger partial charge in [-0.15, -0.1) is 0 Å². The molecular weight excluding hydrogens is 230 g/mol. The molecule has 2 heterocycles. The molecule has 3 rings (SSSR count). The van der Waals surface area contributed by atoms with E-state index in [2.05, 4.69) is 23.2 Å². The standard InChI is InChI=1S/C13H19N3O2/c1-9-7-15-5-6-16(9)10-3-2-4-11-13(10)18-12(14)8-17-11/h2-4,9,12,15H,5-8,14H2,1H3. The summed E-state index contributed by atoms with van der Waals surface area (Å²) in [5.74, 6) is 1.57. The molecule has 98 valence electrons. The number of nitrogens with one attached hydrogen (secondary N) is 1. The van der Waals surface area contributed by atoms with Crippen LogP contribution in [0, 0.1) is 0 Å². The number of benzene rings is 1. The van der Waals surface area contributed by atoms with Gasteiger partial charge in [0.05, 0.1) is 5.69 Å². The van der Waals surface area contributed by atoms with Gasteiger partial charge in [-0.05, 0) is 19.1 Å². The summed E-state index contributed by atoms with van der Waals surface area (Å²) in [6, 6.07) is 6.44. The van der Waals surface area contributed by atoms with Crippen LogP contribution < -0.4 is 25.4 Å². The molecule has 2 aliphatic rings. The quantitative estimate of drug-likeness (QED) is 0.761. The van der Waals surface area contributed by atoms with Gasteiger partial charge in [-0.2, -0.15) is 0 Å². The zero-order chi connectivity index (χ0) is 12.5. The van der Waals surface area contributed by atoms with E-state index in [4.69, 9.17) is 15.2 Å². The van der Waals surface area contributed by atoms with Gasteiger partial charge in [0.2, 0.25) is 0 Å². The molecule has 2 unspecified atom stereocenters. The highest BCUT2D eigenvalue weighted by atomic mass is 16.6. The Morgan fingerprint density at radius 3 is 3.17 bits per heavy atom. The monoisotopic (exact) mass is 249 g/mol. The molecule has 3 N–H and O–H groups in total. The predicted octanol–water partition coefficient (Wildman–Crippen LogP) is 0.541. The third-order valence-electron chi connectivity index (χ3n) is 3.44. The smallest absolute Gasteiger partial charge is 0.187 e. The molecule has 2 atom stereocenters. The van der Waals surface area contributed by atoms with Gasteiger partial charge in [0.25, 0.3) is 0 Å². The second-order valence-electron chi connectivity index (χ2n) is 4.82. The minimum absolute atomic E-state index is 0.378. The lowest BCUT2D eigenvalue weighted by molar-refractivity contribution is 0.0961. The highest BCUT2D eigenvalue weighted by molar-refractivity contribution is 5.66. The van der Waals surface area contributed by atoms with E-state index in [0.29, 0.717) is 12.6 Å². The first-order valence-electron chi connectivity index (χ1n) is 6.41. The first kappa shape index (κ1) is 11.6. The van der Waals surface area contributed by atoms with Crippen molar-refractivity contribution in [1.29, 1.82) is 0 Å². The summed E-state index contributed by atoms with van der Waals surface area (Å²) in [5.41, 5.74) is 6.88. The van der Waals surface area contributed by atoms with Crippen LogP contribution >= 0.6 is 0 Å². The first-order chi connectivity index (χ1) is 8.75. The molecule has 5 nitrogen and oxygen atoms in total. The predicted molar refractivity (Wildman–Crippen MR) is 70.2 cm³/mol. The zero-order valence-corrected chi connectivity index (χ0v) is 10.6. The Labute approximate surface area is 107 Å². The van der Waals surface area contributed by atoms with Crippen LogP contribution in [0.3, 0.4) is 0 Å². The van der Waals surface area contributed by atoms with Crippen molar-refractivity contribution in [1.82, 2.24) is 5.32 Å². The average molecular weight is 249 g/mol. The molecule has 1 aromatic rings. The van der Waals surface area contributed by atoms with Crippen LogP contribution in [0.1, 0.15) is 6.92 Å². The molecule has 0 aliphatic carbocycles. The van der Waals surface area contributed by atoms with Crippen LogP contribution in [0.2, 0.25) is 0 Å². The molecule has 18 heavy (non-hydrogen) atoms. The molecule has 5 heteroatoms. The van der Waals surface area contributed by atoms with Crippen LogP contribution in [0.5, 0.6) is 11.5 Å². The lowest BCUT2D eigenvalue weighted by Crippen LogP contribution is -2.50. The van der Waals surface area contributed by atoms with E-state index < -0.39 is 0 Å². The summed E-state index contributed by atoms with van der Waals surface area (Å²) < 4.78 is 11.4. The molecule has 0 saturated carbocycles. The molecule has 0 spiro atoms. The maximum absolute atomic E-state index is 5.80.